The smallest absolute Gasteiger partial charge is 0.254 e. The van der Waals surface area contributed by atoms with Crippen LogP contribution in [0.1, 0.15) is 15.9 Å². The minimum atomic E-state index is -0.287. The molecule has 0 bridgehead atoms. The van der Waals surface area contributed by atoms with Crippen LogP contribution in [0.25, 0.3) is 0 Å². The Kier molecular flexibility index (Phi) is 3.53. The molecule has 18 heavy (non-hydrogen) atoms. The maximum Gasteiger partial charge on any atom is 0.254 e. The molecule has 0 spiro atoms. The van der Waals surface area contributed by atoms with Gasteiger partial charge in [-0.05, 0) is 40.6 Å². The maximum absolute atomic E-state index is 12.1. The van der Waals surface area contributed by atoms with E-state index in [4.69, 9.17) is 0 Å². The predicted molar refractivity (Wildman–Crippen MR) is 69.9 cm³/mol. The normalized spacial score (nSPS) is 10.3. The predicted octanol–water partition coefficient (Wildman–Crippen LogP) is 2.43. The van der Waals surface area contributed by atoms with E-state index in [2.05, 4.69) is 0 Å². The van der Waals surface area contributed by atoms with Gasteiger partial charge in [-0.2, -0.15) is 11.3 Å². The van der Waals surface area contributed by atoms with Crippen LogP contribution in [-0.4, -0.2) is 28.1 Å². The second-order valence-corrected chi connectivity index (χ2v) is 4.78. The monoisotopic (exact) mass is 263 g/mol. The molecule has 1 aromatic heterocycles. The highest BCUT2D eigenvalue weighted by molar-refractivity contribution is 7.07. The molecule has 5 heteroatoms. The molecule has 0 fully saturated rings. The van der Waals surface area contributed by atoms with E-state index in [-0.39, 0.29) is 17.4 Å². The number of hydrogen-bond donors (Lipinski definition) is 2. The van der Waals surface area contributed by atoms with Gasteiger partial charge in [0.15, 0.2) is 11.5 Å². The molecular weight excluding hydrogens is 250 g/mol. The van der Waals surface area contributed by atoms with Crippen molar-refractivity contribution in [1.82, 2.24) is 4.90 Å². The molecule has 0 radical (unpaired) electrons. The number of rotatable bonds is 3. The number of nitrogens with zero attached hydrogens (tertiary/aromatic N) is 1. The second kappa shape index (κ2) is 5.10. The Labute approximate surface area is 109 Å². The van der Waals surface area contributed by atoms with Crippen molar-refractivity contribution >= 4 is 17.2 Å². The van der Waals surface area contributed by atoms with E-state index >= 15 is 0 Å². The van der Waals surface area contributed by atoms with Gasteiger partial charge in [0.05, 0.1) is 0 Å². The number of hydrogen-bond acceptors (Lipinski definition) is 4. The molecule has 2 rings (SSSR count). The molecule has 2 N–H and O–H groups in total. The van der Waals surface area contributed by atoms with Gasteiger partial charge in [-0.15, -0.1) is 0 Å². The highest BCUT2D eigenvalue weighted by Gasteiger charge is 2.13. The topological polar surface area (TPSA) is 60.8 Å². The van der Waals surface area contributed by atoms with Crippen LogP contribution in [-0.2, 0) is 6.54 Å². The standard InChI is InChI=1S/C13H13NO3S/c1-14(7-9-4-5-18-8-9)13(17)10-2-3-11(15)12(16)6-10/h2-6,8,15-16H,7H2,1H3. The van der Waals surface area contributed by atoms with E-state index in [0.717, 1.165) is 5.56 Å². The summed E-state index contributed by atoms with van der Waals surface area (Å²) < 4.78 is 0. The van der Waals surface area contributed by atoms with Crippen LogP contribution in [0.2, 0.25) is 0 Å². The molecule has 1 aromatic carbocycles. The van der Waals surface area contributed by atoms with Gasteiger partial charge in [0.2, 0.25) is 0 Å². The zero-order chi connectivity index (χ0) is 13.1. The first-order valence-corrected chi connectivity index (χ1v) is 6.30. The van der Waals surface area contributed by atoms with Crippen molar-refractivity contribution in [1.29, 1.82) is 0 Å². The molecule has 4 nitrogen and oxygen atoms in total. The van der Waals surface area contributed by atoms with Gasteiger partial charge in [0, 0.05) is 19.2 Å². The quantitative estimate of drug-likeness (QED) is 0.836. The number of phenols is 2. The molecule has 1 amide bonds. The summed E-state index contributed by atoms with van der Waals surface area (Å²) in [5.41, 5.74) is 1.42. The van der Waals surface area contributed by atoms with Gasteiger partial charge in [-0.25, -0.2) is 0 Å². The van der Waals surface area contributed by atoms with Gasteiger partial charge >= 0.3 is 0 Å². The van der Waals surface area contributed by atoms with E-state index in [1.807, 2.05) is 16.8 Å². The molecule has 0 saturated carbocycles. The molecule has 0 atom stereocenters. The first-order valence-electron chi connectivity index (χ1n) is 5.36. The zero-order valence-electron chi connectivity index (χ0n) is 9.83. The summed E-state index contributed by atoms with van der Waals surface area (Å²) in [6.45, 7) is 0.518. The van der Waals surface area contributed by atoms with Crippen molar-refractivity contribution in [2.45, 2.75) is 6.54 Å². The highest BCUT2D eigenvalue weighted by atomic mass is 32.1. The van der Waals surface area contributed by atoms with E-state index in [1.165, 1.54) is 18.2 Å². The van der Waals surface area contributed by atoms with Gasteiger partial charge in [-0.1, -0.05) is 0 Å². The minimum absolute atomic E-state index is 0.198. The summed E-state index contributed by atoms with van der Waals surface area (Å²) in [7, 11) is 1.70. The van der Waals surface area contributed by atoms with Crippen LogP contribution >= 0.6 is 11.3 Å². The lowest BCUT2D eigenvalue weighted by Gasteiger charge is -2.16. The Morgan fingerprint density at radius 1 is 1.28 bits per heavy atom. The van der Waals surface area contributed by atoms with Gasteiger partial charge < -0.3 is 15.1 Å². The van der Waals surface area contributed by atoms with Crippen molar-refractivity contribution in [3.8, 4) is 11.5 Å². The molecule has 0 unspecified atom stereocenters. The number of phenolic OH excluding ortho intramolecular Hbond substituents is 2. The lowest BCUT2D eigenvalue weighted by Crippen LogP contribution is -2.25. The second-order valence-electron chi connectivity index (χ2n) is 4.00. The third-order valence-corrected chi connectivity index (χ3v) is 3.30. The fraction of sp³-hybridized carbons (Fsp3) is 0.154. The fourth-order valence-corrected chi connectivity index (χ4v) is 2.26. The van der Waals surface area contributed by atoms with Crippen LogP contribution in [0.3, 0.4) is 0 Å². The van der Waals surface area contributed by atoms with Gasteiger partial charge in [0.1, 0.15) is 0 Å². The van der Waals surface area contributed by atoms with Crippen LogP contribution < -0.4 is 0 Å². The molecule has 94 valence electrons. The number of amides is 1. The molecule has 2 aromatic rings. The first kappa shape index (κ1) is 12.4. The molecule has 0 aliphatic carbocycles. The number of aromatic hydroxyl groups is 2. The third-order valence-electron chi connectivity index (χ3n) is 2.57. The van der Waals surface area contributed by atoms with Crippen LogP contribution in [0.5, 0.6) is 11.5 Å². The lowest BCUT2D eigenvalue weighted by molar-refractivity contribution is 0.0785. The molecular formula is C13H13NO3S. The van der Waals surface area contributed by atoms with E-state index in [9.17, 15) is 15.0 Å². The number of thiophene rings is 1. The number of carbonyl (C=O) groups is 1. The Balaban J connectivity index is 2.12. The van der Waals surface area contributed by atoms with Crippen molar-refractivity contribution in [3.63, 3.8) is 0 Å². The third kappa shape index (κ3) is 2.62. The largest absolute Gasteiger partial charge is 0.504 e. The van der Waals surface area contributed by atoms with E-state index in [0.29, 0.717) is 12.1 Å². The van der Waals surface area contributed by atoms with Crippen molar-refractivity contribution in [3.05, 3.63) is 46.2 Å². The van der Waals surface area contributed by atoms with Crippen LogP contribution in [0, 0.1) is 0 Å². The lowest BCUT2D eigenvalue weighted by atomic mass is 10.1. The molecule has 0 aliphatic rings. The van der Waals surface area contributed by atoms with E-state index in [1.54, 1.807) is 23.3 Å². The summed E-state index contributed by atoms with van der Waals surface area (Å²) in [6.07, 6.45) is 0. The summed E-state index contributed by atoms with van der Waals surface area (Å²) >= 11 is 1.58. The first-order chi connectivity index (χ1) is 8.58. The molecule has 0 saturated heterocycles. The average Bonchev–Trinajstić information content (AvgIpc) is 2.84. The van der Waals surface area contributed by atoms with Crippen molar-refractivity contribution in [2.24, 2.45) is 0 Å². The number of carbonyl (C=O) groups excluding carboxylic acids is 1. The average molecular weight is 263 g/mol. The summed E-state index contributed by atoms with van der Waals surface area (Å²) in [5.74, 6) is -0.715. The van der Waals surface area contributed by atoms with Crippen molar-refractivity contribution in [2.75, 3.05) is 7.05 Å². The van der Waals surface area contributed by atoms with E-state index < -0.39 is 0 Å². The Bertz CT molecular complexity index is 551. The Hall–Kier alpha value is -2.01. The summed E-state index contributed by atoms with van der Waals surface area (Å²) in [5, 5.41) is 22.5. The zero-order valence-corrected chi connectivity index (χ0v) is 10.6. The minimum Gasteiger partial charge on any atom is -0.504 e. The Morgan fingerprint density at radius 3 is 2.67 bits per heavy atom. The fourth-order valence-electron chi connectivity index (χ4n) is 1.61. The van der Waals surface area contributed by atoms with Crippen LogP contribution in [0.4, 0.5) is 0 Å². The van der Waals surface area contributed by atoms with Crippen molar-refractivity contribution < 1.29 is 15.0 Å². The Morgan fingerprint density at radius 2 is 2.06 bits per heavy atom. The maximum atomic E-state index is 12.1. The SMILES string of the molecule is CN(Cc1ccsc1)C(=O)c1ccc(O)c(O)c1. The summed E-state index contributed by atoms with van der Waals surface area (Å²) in [6, 6.07) is 6.02. The highest BCUT2D eigenvalue weighted by Crippen LogP contribution is 2.25. The molecule has 1 heterocycles. The van der Waals surface area contributed by atoms with Gasteiger partial charge in [-0.3, -0.25) is 4.79 Å². The molecule has 0 aliphatic heterocycles. The number of benzene rings is 1. The van der Waals surface area contributed by atoms with Gasteiger partial charge in [0.25, 0.3) is 5.91 Å². The van der Waals surface area contributed by atoms with Crippen LogP contribution in [0.15, 0.2) is 35.0 Å². The summed E-state index contributed by atoms with van der Waals surface area (Å²) in [4.78, 5) is 13.6.